The molecule has 0 N–H and O–H groups in total. The second-order valence-electron chi connectivity index (χ2n) is 25.3. The van der Waals surface area contributed by atoms with E-state index in [1.807, 2.05) is 0 Å². The smallest absolute Gasteiger partial charge is 0.166 e. The summed E-state index contributed by atoms with van der Waals surface area (Å²) < 4.78 is 94.1. The molecule has 21 aliphatic rings. The molecule has 0 unspecified atom stereocenters. The first-order chi connectivity index (χ1) is 53.9. The van der Waals surface area contributed by atoms with Gasteiger partial charge in [-0.15, -0.1) is 0 Å². The van der Waals surface area contributed by atoms with E-state index in [2.05, 4.69) is 189 Å². The standard InChI is InChI=1S/C96H80O16/c1-97-81-33-17-18-34-83(99-3)53-55-85(101-5,56-54-83)37-21-22-38-87(103-7)61-63-89(105-9,64-62-87)41-25-26-42-91(107-11)69-71-93(109-13,72-70-91)45-29-30-46-95(111-15)77-79-96(112-16,80-78-95)48-32-31-47-94(110-14)75-73-92(108-12,74-76-94)44-28-27-43-90(106-10)67-65-88(104-8,66-68-90)40-24-23-39-86(102-6)59-57-84(100-4,58-60-86)36-20-19-35-82(98-2,51-49-81)52-50-81/h49-80H,1-16H3. The van der Waals surface area contributed by atoms with Gasteiger partial charge >= 0.3 is 0 Å². The van der Waals surface area contributed by atoms with Crippen LogP contribution in [0.3, 0.4) is 0 Å². The Kier molecular flexibility index (Phi) is 26.6. The fourth-order valence-electron chi connectivity index (χ4n) is 11.2. The molecule has 0 atom stereocenters. The van der Waals surface area contributed by atoms with Crippen LogP contribution in [0.1, 0.15) is 0 Å². The molecule has 0 spiro atoms. The van der Waals surface area contributed by atoms with Gasteiger partial charge in [-0.1, -0.05) is 0 Å². The quantitative estimate of drug-likeness (QED) is 0.113. The average Bonchev–Trinajstić information content (AvgIpc) is 0.790. The highest BCUT2D eigenvalue weighted by atomic mass is 16.5. The summed E-state index contributed by atoms with van der Waals surface area (Å²) in [6.07, 6.45) is 55.6. The highest BCUT2D eigenvalue weighted by Crippen LogP contribution is 2.34. The van der Waals surface area contributed by atoms with Crippen LogP contribution in [0.15, 0.2) is 194 Å². The maximum atomic E-state index is 5.88. The van der Waals surface area contributed by atoms with E-state index >= 15 is 0 Å². The maximum absolute atomic E-state index is 5.88. The van der Waals surface area contributed by atoms with E-state index < -0.39 is 89.6 Å². The van der Waals surface area contributed by atoms with E-state index in [0.717, 1.165) is 0 Å². The van der Waals surface area contributed by atoms with Gasteiger partial charge in [-0.2, -0.15) is 0 Å². The van der Waals surface area contributed by atoms with E-state index in [4.69, 9.17) is 75.8 Å². The Morgan fingerprint density at radius 3 is 0.179 bits per heavy atom. The van der Waals surface area contributed by atoms with Crippen LogP contribution < -0.4 is 0 Å². The molecule has 0 aromatic heterocycles. The second kappa shape index (κ2) is 35.5. The minimum absolute atomic E-state index is 1.16. The third-order valence-electron chi connectivity index (χ3n) is 19.3. The molecular formula is C96H80O16. The number of methoxy groups -OCH3 is 16. The molecule has 0 heterocycles. The van der Waals surface area contributed by atoms with Gasteiger partial charge < -0.3 is 75.8 Å². The monoisotopic (exact) mass is 1490 g/mol. The first-order valence-corrected chi connectivity index (χ1v) is 34.4. The van der Waals surface area contributed by atoms with E-state index in [-0.39, 0.29) is 0 Å². The van der Waals surface area contributed by atoms with Crippen molar-refractivity contribution in [2.45, 2.75) is 89.6 Å². The summed E-state index contributed by atoms with van der Waals surface area (Å²) in [4.78, 5) is 0. The van der Waals surface area contributed by atoms with Gasteiger partial charge in [0.1, 0.15) is 0 Å². The predicted octanol–water partition coefficient (Wildman–Crippen LogP) is 7.23. The molecule has 0 saturated carbocycles. The largest absolute Gasteiger partial charge is 0.358 e. The van der Waals surface area contributed by atoms with E-state index in [1.54, 1.807) is 194 Å². The maximum Gasteiger partial charge on any atom is 0.166 e. The molecule has 21 aliphatic carbocycles. The minimum atomic E-state index is -1.16. The molecule has 16 heteroatoms. The third-order valence-corrected chi connectivity index (χ3v) is 19.3. The van der Waals surface area contributed by atoms with Crippen molar-refractivity contribution >= 4 is 0 Å². The second-order valence-corrected chi connectivity index (χ2v) is 25.3. The third kappa shape index (κ3) is 19.1. The summed E-state index contributed by atoms with van der Waals surface area (Å²) in [6, 6.07) is 0. The fourth-order valence-corrected chi connectivity index (χ4v) is 11.2. The predicted molar refractivity (Wildman–Crippen MR) is 426 cm³/mol. The molecule has 0 aliphatic heterocycles. The molecule has 112 heavy (non-hydrogen) atoms. The van der Waals surface area contributed by atoms with Crippen molar-refractivity contribution < 1.29 is 75.8 Å². The first-order valence-electron chi connectivity index (χ1n) is 34.4. The molecular weight excluding hydrogens is 1410 g/mol. The molecule has 0 aromatic rings. The normalized spacial score (nSPS) is 36.4. The van der Waals surface area contributed by atoms with Crippen LogP contribution in [0.5, 0.6) is 0 Å². The topological polar surface area (TPSA) is 148 Å². The molecule has 16 bridgehead atoms. The van der Waals surface area contributed by atoms with Gasteiger partial charge in [0.05, 0.1) is 0 Å². The summed E-state index contributed by atoms with van der Waals surface area (Å²) in [5.74, 6) is 96.4. The molecule has 0 amide bonds. The number of hydrogen-bond acceptors (Lipinski definition) is 16. The van der Waals surface area contributed by atoms with Crippen LogP contribution in [-0.2, 0) is 75.8 Å². The summed E-state index contributed by atoms with van der Waals surface area (Å²) in [5.41, 5.74) is -18.6. The first kappa shape index (κ1) is 84.2. The summed E-state index contributed by atoms with van der Waals surface area (Å²) in [6.45, 7) is 0. The van der Waals surface area contributed by atoms with Crippen molar-refractivity contribution in [1.29, 1.82) is 0 Å². The van der Waals surface area contributed by atoms with Crippen molar-refractivity contribution in [2.24, 2.45) is 0 Å². The molecule has 0 saturated heterocycles. The average molecular weight is 1490 g/mol. The Bertz CT molecular complexity index is 3940. The lowest BCUT2D eigenvalue weighted by atomic mass is 9.88. The van der Waals surface area contributed by atoms with E-state index in [0.29, 0.717) is 0 Å². The van der Waals surface area contributed by atoms with Crippen LogP contribution in [0.4, 0.5) is 0 Å². The van der Waals surface area contributed by atoms with Gasteiger partial charge in [-0.05, 0) is 384 Å². The molecule has 0 fully saturated rings. The highest BCUT2D eigenvalue weighted by Gasteiger charge is 2.40. The van der Waals surface area contributed by atoms with Gasteiger partial charge in [0.2, 0.25) is 0 Å². The number of ether oxygens (including phenoxy) is 16. The SMILES string of the molecule is COC12C#CC#CC3(OC)C=CC(OC)(C#CC#CC4(OC)C=CC(OC)(C#CC#CC5(OC)C=CC(OC)(C#CC#CC6(OC)C=CC(OC)(C#CC#CC7(OC)C=CC(OC)(C#CC#CC8(OC)C=CC(OC)(C#CC#CC9(OC)C=CC(OC)(C#CC#CC(OC)(C=C1)C=C2)C=C9)C=C8)C=C7)C=C6)C=C5)C=C4)C=C3. The van der Waals surface area contributed by atoms with Gasteiger partial charge in [0.15, 0.2) is 89.6 Å². The Hall–Kier alpha value is -11.8. The minimum Gasteiger partial charge on any atom is -0.358 e. The van der Waals surface area contributed by atoms with Crippen LogP contribution >= 0.6 is 0 Å². The summed E-state index contributed by atoms with van der Waals surface area (Å²) >= 11 is 0. The molecule has 16 nitrogen and oxygen atoms in total. The summed E-state index contributed by atoms with van der Waals surface area (Å²) in [5, 5.41) is 0. The van der Waals surface area contributed by atoms with E-state index in [9.17, 15) is 0 Å². The van der Waals surface area contributed by atoms with Crippen molar-refractivity contribution in [1.82, 2.24) is 0 Å². The molecule has 0 radical (unpaired) electrons. The van der Waals surface area contributed by atoms with Gasteiger partial charge in [0, 0.05) is 114 Å². The van der Waals surface area contributed by atoms with Gasteiger partial charge in [0.25, 0.3) is 0 Å². The summed E-state index contributed by atoms with van der Waals surface area (Å²) in [7, 11) is 24.5. The number of hydrogen-bond donors (Lipinski definition) is 0. The Balaban J connectivity index is 0.988. The van der Waals surface area contributed by atoms with Crippen LogP contribution in [0.2, 0.25) is 0 Å². The highest BCUT2D eigenvalue weighted by molar-refractivity contribution is 5.58. The van der Waals surface area contributed by atoms with Crippen LogP contribution in [0, 0.1) is 189 Å². The molecule has 21 rings (SSSR count). The van der Waals surface area contributed by atoms with Crippen molar-refractivity contribution in [3.05, 3.63) is 194 Å². The number of rotatable bonds is 16. The van der Waals surface area contributed by atoms with Gasteiger partial charge in [-0.25, -0.2) is 0 Å². The zero-order valence-corrected chi connectivity index (χ0v) is 65.0. The Morgan fingerprint density at radius 1 is 0.0982 bits per heavy atom. The molecule has 560 valence electrons. The Labute approximate surface area is 659 Å². The van der Waals surface area contributed by atoms with Crippen LogP contribution in [0.25, 0.3) is 0 Å². The lowest BCUT2D eigenvalue weighted by Crippen LogP contribution is -2.35. The lowest BCUT2D eigenvalue weighted by Gasteiger charge is -2.29. The fraction of sp³-hybridized carbons (Fsp3) is 0.333. The van der Waals surface area contributed by atoms with Crippen LogP contribution in [-0.4, -0.2) is 203 Å². The van der Waals surface area contributed by atoms with Gasteiger partial charge in [-0.3, -0.25) is 0 Å². The molecule has 0 aromatic carbocycles. The Morgan fingerprint density at radius 2 is 0.143 bits per heavy atom. The van der Waals surface area contributed by atoms with E-state index in [1.165, 1.54) is 114 Å². The lowest BCUT2D eigenvalue weighted by molar-refractivity contribution is 0.0950. The zero-order chi connectivity index (χ0) is 80.6. The van der Waals surface area contributed by atoms with Crippen molar-refractivity contribution in [2.75, 3.05) is 114 Å². The zero-order valence-electron chi connectivity index (χ0n) is 65.0. The van der Waals surface area contributed by atoms with Crippen molar-refractivity contribution in [3.8, 4) is 189 Å². The van der Waals surface area contributed by atoms with Crippen molar-refractivity contribution in [3.63, 3.8) is 0 Å².